The molecule has 20 heavy (non-hydrogen) atoms. The summed E-state index contributed by atoms with van der Waals surface area (Å²) in [4.78, 5) is 17.6. The van der Waals surface area contributed by atoms with Gasteiger partial charge in [-0.05, 0) is 30.5 Å². The summed E-state index contributed by atoms with van der Waals surface area (Å²) in [5, 5.41) is 5.51. The van der Waals surface area contributed by atoms with Crippen LogP contribution in [-0.2, 0) is 4.84 Å². The first kappa shape index (κ1) is 14.1. The summed E-state index contributed by atoms with van der Waals surface area (Å²) < 4.78 is 5.36. The largest absolute Gasteiger partial charge is 0.493 e. The molecule has 0 atom stereocenters. The van der Waals surface area contributed by atoms with Gasteiger partial charge >= 0.3 is 5.97 Å². The molecule has 0 aliphatic rings. The van der Waals surface area contributed by atoms with Crippen LogP contribution in [-0.4, -0.2) is 18.4 Å². The van der Waals surface area contributed by atoms with E-state index in [0.29, 0.717) is 17.9 Å². The Kier molecular flexibility index (Phi) is 4.73. The number of carbonyl (C=O) groups excluding carboxylic acids is 1. The van der Waals surface area contributed by atoms with Crippen molar-refractivity contribution in [3.05, 3.63) is 52.2 Å². The highest BCUT2D eigenvalue weighted by atomic mass is 32.1. The second-order valence-electron chi connectivity index (χ2n) is 3.76. The number of oxime groups is 1. The Morgan fingerprint density at radius 1 is 1.30 bits per heavy atom. The van der Waals surface area contributed by atoms with E-state index in [4.69, 9.17) is 15.3 Å². The Hall–Kier alpha value is -2.34. The van der Waals surface area contributed by atoms with Crippen molar-refractivity contribution in [2.75, 3.05) is 6.61 Å². The van der Waals surface area contributed by atoms with Crippen molar-refractivity contribution in [2.45, 2.75) is 6.92 Å². The number of carbonyl (C=O) groups is 1. The summed E-state index contributed by atoms with van der Waals surface area (Å²) in [6, 6.07) is 10.5. The highest BCUT2D eigenvalue weighted by Crippen LogP contribution is 2.19. The third kappa shape index (κ3) is 3.36. The van der Waals surface area contributed by atoms with Crippen LogP contribution in [0.2, 0.25) is 0 Å². The van der Waals surface area contributed by atoms with Crippen molar-refractivity contribution in [3.8, 4) is 5.75 Å². The molecule has 5 nitrogen and oxygen atoms in total. The first-order chi connectivity index (χ1) is 9.72. The number of hydrogen-bond acceptors (Lipinski definition) is 5. The first-order valence-corrected chi connectivity index (χ1v) is 6.91. The molecule has 0 bridgehead atoms. The van der Waals surface area contributed by atoms with Gasteiger partial charge in [0.05, 0.1) is 11.5 Å². The predicted molar refractivity (Wildman–Crippen MR) is 78.1 cm³/mol. The van der Waals surface area contributed by atoms with Crippen LogP contribution in [0.4, 0.5) is 0 Å². The van der Waals surface area contributed by atoms with Crippen LogP contribution in [0.15, 0.2) is 46.9 Å². The van der Waals surface area contributed by atoms with Gasteiger partial charge in [0.2, 0.25) is 0 Å². The SMILES string of the molecule is CCOc1ccccc1C(=O)O/N=C(\N)c1cccs1. The molecule has 2 rings (SSSR count). The van der Waals surface area contributed by atoms with Gasteiger partial charge in [0.15, 0.2) is 5.84 Å². The van der Waals surface area contributed by atoms with Gasteiger partial charge in [-0.1, -0.05) is 23.4 Å². The molecule has 0 spiro atoms. The molecular weight excluding hydrogens is 276 g/mol. The summed E-state index contributed by atoms with van der Waals surface area (Å²) in [6.45, 7) is 2.31. The van der Waals surface area contributed by atoms with Gasteiger partial charge in [0.25, 0.3) is 0 Å². The van der Waals surface area contributed by atoms with Crippen LogP contribution >= 0.6 is 11.3 Å². The third-order valence-corrected chi connectivity index (χ3v) is 3.30. The lowest BCUT2D eigenvalue weighted by atomic mass is 10.2. The van der Waals surface area contributed by atoms with E-state index in [1.165, 1.54) is 11.3 Å². The molecular formula is C14H14N2O3S. The second-order valence-corrected chi connectivity index (χ2v) is 4.71. The number of benzene rings is 1. The van der Waals surface area contributed by atoms with E-state index in [1.807, 2.05) is 18.4 Å². The Labute approximate surface area is 120 Å². The zero-order valence-corrected chi connectivity index (χ0v) is 11.7. The number of rotatable bonds is 5. The van der Waals surface area contributed by atoms with Crippen molar-refractivity contribution in [2.24, 2.45) is 10.9 Å². The Bertz CT molecular complexity index is 609. The summed E-state index contributed by atoms with van der Waals surface area (Å²) in [6.07, 6.45) is 0. The van der Waals surface area contributed by atoms with Gasteiger partial charge in [0.1, 0.15) is 11.3 Å². The molecule has 2 N–H and O–H groups in total. The lowest BCUT2D eigenvalue weighted by Gasteiger charge is -2.07. The fourth-order valence-corrected chi connectivity index (χ4v) is 2.14. The van der Waals surface area contributed by atoms with E-state index in [0.717, 1.165) is 4.88 Å². The van der Waals surface area contributed by atoms with Crippen molar-refractivity contribution >= 4 is 23.1 Å². The molecule has 0 aliphatic carbocycles. The average Bonchev–Trinajstić information content (AvgIpc) is 2.99. The highest BCUT2D eigenvalue weighted by Gasteiger charge is 2.14. The minimum absolute atomic E-state index is 0.169. The lowest BCUT2D eigenvalue weighted by molar-refractivity contribution is 0.0511. The third-order valence-electron chi connectivity index (χ3n) is 2.41. The molecule has 0 amide bonds. The van der Waals surface area contributed by atoms with Gasteiger partial charge in [-0.15, -0.1) is 11.3 Å². The van der Waals surface area contributed by atoms with Crippen LogP contribution in [0.25, 0.3) is 0 Å². The monoisotopic (exact) mass is 290 g/mol. The Balaban J connectivity index is 2.11. The maximum Gasteiger partial charge on any atom is 0.369 e. The summed E-state index contributed by atoms with van der Waals surface area (Å²) >= 11 is 1.42. The first-order valence-electron chi connectivity index (χ1n) is 6.03. The standard InChI is InChI=1S/C14H14N2O3S/c1-2-18-11-7-4-3-6-10(11)14(17)19-16-13(15)12-8-5-9-20-12/h3-9H,2H2,1H3,(H2,15,16). The topological polar surface area (TPSA) is 73.9 Å². The van der Waals surface area contributed by atoms with Gasteiger partial charge in [-0.3, -0.25) is 0 Å². The Morgan fingerprint density at radius 2 is 2.10 bits per heavy atom. The van der Waals surface area contributed by atoms with Crippen LogP contribution in [0.3, 0.4) is 0 Å². The Morgan fingerprint density at radius 3 is 2.80 bits per heavy atom. The van der Waals surface area contributed by atoms with E-state index in [9.17, 15) is 4.79 Å². The zero-order valence-electron chi connectivity index (χ0n) is 10.9. The fraction of sp³-hybridized carbons (Fsp3) is 0.143. The molecule has 0 radical (unpaired) electrons. The van der Waals surface area contributed by atoms with E-state index < -0.39 is 5.97 Å². The minimum Gasteiger partial charge on any atom is -0.493 e. The molecule has 1 heterocycles. The van der Waals surface area contributed by atoms with Crippen LogP contribution in [0, 0.1) is 0 Å². The lowest BCUT2D eigenvalue weighted by Crippen LogP contribution is -2.14. The maximum absolute atomic E-state index is 12.0. The number of ether oxygens (including phenoxy) is 1. The molecule has 0 saturated carbocycles. The molecule has 1 aromatic carbocycles. The van der Waals surface area contributed by atoms with Gasteiger partial charge < -0.3 is 15.3 Å². The van der Waals surface area contributed by atoms with E-state index >= 15 is 0 Å². The summed E-state index contributed by atoms with van der Waals surface area (Å²) in [5.41, 5.74) is 6.03. The van der Waals surface area contributed by atoms with Crippen LogP contribution in [0.5, 0.6) is 5.75 Å². The normalized spacial score (nSPS) is 11.2. The molecule has 6 heteroatoms. The highest BCUT2D eigenvalue weighted by molar-refractivity contribution is 7.12. The number of nitrogens with zero attached hydrogens (tertiary/aromatic N) is 1. The number of thiophene rings is 1. The van der Waals surface area contributed by atoms with Gasteiger partial charge in [-0.25, -0.2) is 4.79 Å². The molecule has 0 aliphatic heterocycles. The van der Waals surface area contributed by atoms with Crippen molar-refractivity contribution < 1.29 is 14.4 Å². The maximum atomic E-state index is 12.0. The van der Waals surface area contributed by atoms with Gasteiger partial charge in [0, 0.05) is 0 Å². The molecule has 0 saturated heterocycles. The zero-order chi connectivity index (χ0) is 14.4. The molecule has 0 unspecified atom stereocenters. The molecule has 2 aromatic rings. The molecule has 104 valence electrons. The predicted octanol–water partition coefficient (Wildman–Crippen LogP) is 2.62. The summed E-state index contributed by atoms with van der Waals surface area (Å²) in [7, 11) is 0. The molecule has 1 aromatic heterocycles. The number of hydrogen-bond donors (Lipinski definition) is 1. The van der Waals surface area contributed by atoms with E-state index in [1.54, 1.807) is 30.3 Å². The van der Waals surface area contributed by atoms with E-state index in [-0.39, 0.29) is 5.84 Å². The van der Waals surface area contributed by atoms with Crippen LogP contribution < -0.4 is 10.5 Å². The van der Waals surface area contributed by atoms with Crippen LogP contribution in [0.1, 0.15) is 22.2 Å². The fourth-order valence-electron chi connectivity index (χ4n) is 1.53. The molecule has 0 fully saturated rings. The average molecular weight is 290 g/mol. The number of para-hydroxylation sites is 1. The minimum atomic E-state index is -0.603. The number of nitrogens with two attached hydrogens (primary N) is 1. The van der Waals surface area contributed by atoms with Crippen molar-refractivity contribution in [3.63, 3.8) is 0 Å². The number of amidine groups is 1. The van der Waals surface area contributed by atoms with Gasteiger partial charge in [-0.2, -0.15) is 0 Å². The quantitative estimate of drug-likeness (QED) is 0.397. The van der Waals surface area contributed by atoms with E-state index in [2.05, 4.69) is 5.16 Å². The summed E-state index contributed by atoms with van der Waals surface area (Å²) in [5.74, 6) is 0.0284. The van der Waals surface area contributed by atoms with Crippen molar-refractivity contribution in [1.82, 2.24) is 0 Å². The second kappa shape index (κ2) is 6.72. The smallest absolute Gasteiger partial charge is 0.369 e. The van der Waals surface area contributed by atoms with Crippen molar-refractivity contribution in [1.29, 1.82) is 0 Å².